The molecule has 1 fully saturated rings. The summed E-state index contributed by atoms with van der Waals surface area (Å²) in [6, 6.07) is 2.54. The van der Waals surface area contributed by atoms with Crippen LogP contribution in [-0.2, 0) is 0 Å². The summed E-state index contributed by atoms with van der Waals surface area (Å²) in [5.74, 6) is 0.955. The van der Waals surface area contributed by atoms with Crippen LogP contribution in [0, 0.1) is 0 Å². The zero-order chi connectivity index (χ0) is 11.7. The fraction of sp³-hybridized carbons (Fsp3) is 0.500. The van der Waals surface area contributed by atoms with Gasteiger partial charge in [0.25, 0.3) is 0 Å². The van der Waals surface area contributed by atoms with E-state index in [0.717, 1.165) is 11.3 Å². The largest absolute Gasteiger partial charge is 0.364 e. The standard InChI is InChI=1S/C12H16N4S/c1-17-11-4-2-3-9(11)15-12-10-5-6-14-16(10)8-7-13-12/h5-9,11H,2-4H2,1H3,(H,13,15). The van der Waals surface area contributed by atoms with Gasteiger partial charge in [-0.15, -0.1) is 0 Å². The van der Waals surface area contributed by atoms with Gasteiger partial charge >= 0.3 is 0 Å². The second-order valence-electron chi connectivity index (χ2n) is 4.39. The third-order valence-corrected chi connectivity index (χ3v) is 4.57. The lowest BCUT2D eigenvalue weighted by Crippen LogP contribution is -2.26. The molecule has 2 heterocycles. The topological polar surface area (TPSA) is 42.2 Å². The summed E-state index contributed by atoms with van der Waals surface area (Å²) in [5, 5.41) is 8.51. The summed E-state index contributed by atoms with van der Waals surface area (Å²) in [6.45, 7) is 0. The van der Waals surface area contributed by atoms with Crippen molar-refractivity contribution in [3.8, 4) is 0 Å². The van der Waals surface area contributed by atoms with Crippen molar-refractivity contribution in [1.82, 2.24) is 14.6 Å². The van der Waals surface area contributed by atoms with Crippen LogP contribution >= 0.6 is 11.8 Å². The second kappa shape index (κ2) is 4.56. The van der Waals surface area contributed by atoms with Gasteiger partial charge in [0.15, 0.2) is 5.82 Å². The van der Waals surface area contributed by atoms with E-state index in [1.54, 1.807) is 6.20 Å². The Morgan fingerprint density at radius 1 is 1.41 bits per heavy atom. The number of aromatic nitrogens is 3. The van der Waals surface area contributed by atoms with Crippen molar-refractivity contribution in [3.63, 3.8) is 0 Å². The molecule has 1 aliphatic rings. The number of fused-ring (bicyclic) bond motifs is 1. The maximum absolute atomic E-state index is 4.43. The van der Waals surface area contributed by atoms with Crippen molar-refractivity contribution in [2.24, 2.45) is 0 Å². The molecule has 90 valence electrons. The predicted molar refractivity (Wildman–Crippen MR) is 71.6 cm³/mol. The maximum atomic E-state index is 4.43. The highest BCUT2D eigenvalue weighted by Crippen LogP contribution is 2.31. The number of anilines is 1. The summed E-state index contributed by atoms with van der Waals surface area (Å²) in [6.07, 6.45) is 11.5. The quantitative estimate of drug-likeness (QED) is 0.906. The number of thioether (sulfide) groups is 1. The lowest BCUT2D eigenvalue weighted by molar-refractivity contribution is 0.762. The van der Waals surface area contributed by atoms with Gasteiger partial charge in [0.05, 0.1) is 6.20 Å². The highest BCUT2D eigenvalue weighted by molar-refractivity contribution is 7.99. The van der Waals surface area contributed by atoms with E-state index >= 15 is 0 Å². The molecule has 2 atom stereocenters. The fourth-order valence-electron chi connectivity index (χ4n) is 2.52. The molecule has 2 aromatic rings. The van der Waals surface area contributed by atoms with Crippen molar-refractivity contribution in [3.05, 3.63) is 24.7 Å². The summed E-state index contributed by atoms with van der Waals surface area (Å²) >= 11 is 1.95. The van der Waals surface area contributed by atoms with Crippen LogP contribution in [0.2, 0.25) is 0 Å². The molecule has 2 aromatic heterocycles. The number of nitrogens with one attached hydrogen (secondary N) is 1. The Balaban J connectivity index is 1.87. The Morgan fingerprint density at radius 3 is 3.24 bits per heavy atom. The first kappa shape index (κ1) is 10.9. The Morgan fingerprint density at radius 2 is 2.35 bits per heavy atom. The first-order chi connectivity index (χ1) is 8.38. The molecule has 5 heteroatoms. The van der Waals surface area contributed by atoms with Crippen molar-refractivity contribution < 1.29 is 0 Å². The van der Waals surface area contributed by atoms with Crippen molar-refractivity contribution in [1.29, 1.82) is 0 Å². The minimum absolute atomic E-state index is 0.540. The van der Waals surface area contributed by atoms with Crippen molar-refractivity contribution in [2.45, 2.75) is 30.6 Å². The van der Waals surface area contributed by atoms with Gasteiger partial charge in [-0.2, -0.15) is 16.9 Å². The van der Waals surface area contributed by atoms with Crippen LogP contribution in [-0.4, -0.2) is 32.1 Å². The molecule has 0 spiro atoms. The Hall–Kier alpha value is -1.23. The average molecular weight is 248 g/mol. The average Bonchev–Trinajstić information content (AvgIpc) is 2.97. The second-order valence-corrected chi connectivity index (χ2v) is 5.47. The van der Waals surface area contributed by atoms with Crippen LogP contribution in [0.25, 0.3) is 5.52 Å². The highest BCUT2D eigenvalue weighted by atomic mass is 32.2. The van der Waals surface area contributed by atoms with E-state index in [2.05, 4.69) is 21.7 Å². The molecular weight excluding hydrogens is 232 g/mol. The maximum Gasteiger partial charge on any atom is 0.152 e. The third-order valence-electron chi connectivity index (χ3n) is 3.40. The number of nitrogens with zero attached hydrogens (tertiary/aromatic N) is 3. The molecule has 0 saturated heterocycles. The number of hydrogen-bond donors (Lipinski definition) is 1. The molecule has 0 bridgehead atoms. The van der Waals surface area contributed by atoms with E-state index in [4.69, 9.17) is 0 Å². The van der Waals surface area contributed by atoms with Crippen LogP contribution in [0.15, 0.2) is 24.7 Å². The van der Waals surface area contributed by atoms with Crippen LogP contribution in [0.3, 0.4) is 0 Å². The van der Waals surface area contributed by atoms with Crippen LogP contribution < -0.4 is 5.32 Å². The van der Waals surface area contributed by atoms with Gasteiger partial charge < -0.3 is 5.32 Å². The predicted octanol–water partition coefficient (Wildman–Crippen LogP) is 2.43. The van der Waals surface area contributed by atoms with Gasteiger partial charge in [0.2, 0.25) is 0 Å². The van der Waals surface area contributed by atoms with E-state index in [0.29, 0.717) is 11.3 Å². The molecule has 0 aromatic carbocycles. The monoisotopic (exact) mass is 248 g/mol. The lowest BCUT2D eigenvalue weighted by Gasteiger charge is -2.19. The van der Waals surface area contributed by atoms with E-state index in [-0.39, 0.29) is 0 Å². The molecule has 1 N–H and O–H groups in total. The summed E-state index contributed by atoms with van der Waals surface area (Å²) in [7, 11) is 0. The first-order valence-corrected chi connectivity index (χ1v) is 7.25. The molecule has 0 aliphatic heterocycles. The molecule has 4 nitrogen and oxygen atoms in total. The molecule has 1 aliphatic carbocycles. The summed E-state index contributed by atoms with van der Waals surface area (Å²) in [5.41, 5.74) is 1.05. The minimum Gasteiger partial charge on any atom is -0.364 e. The zero-order valence-electron chi connectivity index (χ0n) is 9.84. The van der Waals surface area contributed by atoms with Gasteiger partial charge in [0.1, 0.15) is 5.52 Å². The number of rotatable bonds is 3. The molecule has 0 radical (unpaired) electrons. The van der Waals surface area contributed by atoms with Crippen LogP contribution in [0.5, 0.6) is 0 Å². The zero-order valence-corrected chi connectivity index (χ0v) is 10.7. The van der Waals surface area contributed by atoms with E-state index in [1.165, 1.54) is 19.3 Å². The normalized spacial score (nSPS) is 24.3. The van der Waals surface area contributed by atoms with Gasteiger partial charge in [-0.05, 0) is 25.2 Å². The number of hydrogen-bond acceptors (Lipinski definition) is 4. The van der Waals surface area contributed by atoms with E-state index < -0.39 is 0 Å². The van der Waals surface area contributed by atoms with Crippen molar-refractivity contribution in [2.75, 3.05) is 11.6 Å². The smallest absolute Gasteiger partial charge is 0.152 e. The Kier molecular flexibility index (Phi) is 2.93. The van der Waals surface area contributed by atoms with Crippen LogP contribution in [0.1, 0.15) is 19.3 Å². The van der Waals surface area contributed by atoms with Gasteiger partial charge in [-0.25, -0.2) is 9.50 Å². The van der Waals surface area contributed by atoms with E-state index in [9.17, 15) is 0 Å². The lowest BCUT2D eigenvalue weighted by atomic mass is 10.2. The van der Waals surface area contributed by atoms with Crippen LogP contribution in [0.4, 0.5) is 5.82 Å². The van der Waals surface area contributed by atoms with Gasteiger partial charge in [-0.1, -0.05) is 6.42 Å². The minimum atomic E-state index is 0.540. The fourth-order valence-corrected chi connectivity index (χ4v) is 3.45. The van der Waals surface area contributed by atoms with Gasteiger partial charge in [0, 0.05) is 23.7 Å². The Labute approximate surface area is 105 Å². The van der Waals surface area contributed by atoms with Crippen molar-refractivity contribution >= 4 is 23.1 Å². The molecule has 0 amide bonds. The summed E-state index contributed by atoms with van der Waals surface area (Å²) in [4.78, 5) is 4.43. The Bertz CT molecular complexity index is 510. The van der Waals surface area contributed by atoms with Gasteiger partial charge in [-0.3, -0.25) is 0 Å². The molecule has 3 rings (SSSR count). The third kappa shape index (κ3) is 1.99. The molecule has 17 heavy (non-hydrogen) atoms. The summed E-state index contributed by atoms with van der Waals surface area (Å²) < 4.78 is 1.86. The first-order valence-electron chi connectivity index (χ1n) is 5.96. The SMILES string of the molecule is CSC1CCCC1Nc1nccn2nccc12. The molecule has 1 saturated carbocycles. The highest BCUT2D eigenvalue weighted by Gasteiger charge is 2.26. The molecular formula is C12H16N4S. The molecule has 2 unspecified atom stereocenters. The van der Waals surface area contributed by atoms with E-state index in [1.807, 2.05) is 34.7 Å².